The Morgan fingerprint density at radius 3 is 2.94 bits per heavy atom. The molecule has 1 aliphatic carbocycles. The van der Waals surface area contributed by atoms with Gasteiger partial charge in [0.25, 0.3) is 0 Å². The molecule has 17 heavy (non-hydrogen) atoms. The molecule has 0 radical (unpaired) electrons. The lowest BCUT2D eigenvalue weighted by atomic mass is 9.86. The molecule has 0 aromatic carbocycles. The Labute approximate surface area is 103 Å². The molecule has 94 valence electrons. The van der Waals surface area contributed by atoms with Crippen molar-refractivity contribution in [3.63, 3.8) is 0 Å². The van der Waals surface area contributed by atoms with E-state index in [2.05, 4.69) is 4.98 Å². The number of nitrogens with two attached hydrogens (primary N) is 1. The summed E-state index contributed by atoms with van der Waals surface area (Å²) < 4.78 is 5.97. The predicted molar refractivity (Wildman–Crippen MR) is 68.7 cm³/mol. The quantitative estimate of drug-likeness (QED) is 0.849. The summed E-state index contributed by atoms with van der Waals surface area (Å²) >= 11 is 0. The molecule has 1 heterocycles. The molecule has 3 heteroatoms. The third-order valence-corrected chi connectivity index (χ3v) is 3.56. The second kappa shape index (κ2) is 6.72. The minimum atomic E-state index is 0.373. The van der Waals surface area contributed by atoms with Crippen molar-refractivity contribution >= 4 is 0 Å². The average molecular weight is 234 g/mol. The lowest BCUT2D eigenvalue weighted by molar-refractivity contribution is -0.00658. The van der Waals surface area contributed by atoms with Crippen LogP contribution in [0.15, 0.2) is 24.4 Å². The van der Waals surface area contributed by atoms with Crippen LogP contribution in [0.25, 0.3) is 0 Å². The molecule has 2 N–H and O–H groups in total. The minimum Gasteiger partial charge on any atom is -0.377 e. The van der Waals surface area contributed by atoms with Crippen molar-refractivity contribution in [3.05, 3.63) is 30.1 Å². The van der Waals surface area contributed by atoms with Crippen molar-refractivity contribution in [2.24, 2.45) is 11.7 Å². The first-order chi connectivity index (χ1) is 8.40. The highest BCUT2D eigenvalue weighted by atomic mass is 16.5. The van der Waals surface area contributed by atoms with E-state index < -0.39 is 0 Å². The summed E-state index contributed by atoms with van der Waals surface area (Å²) in [6, 6.07) is 6.01. The normalized spacial score (nSPS) is 24.8. The van der Waals surface area contributed by atoms with Gasteiger partial charge in [-0.15, -0.1) is 0 Å². The van der Waals surface area contributed by atoms with Crippen molar-refractivity contribution in [2.75, 3.05) is 13.2 Å². The van der Waals surface area contributed by atoms with Gasteiger partial charge in [-0.2, -0.15) is 0 Å². The van der Waals surface area contributed by atoms with E-state index in [1.165, 1.54) is 25.7 Å². The van der Waals surface area contributed by atoms with Gasteiger partial charge in [-0.1, -0.05) is 18.9 Å². The van der Waals surface area contributed by atoms with E-state index >= 15 is 0 Å². The molecule has 3 nitrogen and oxygen atoms in total. The topological polar surface area (TPSA) is 48.1 Å². The molecule has 0 spiro atoms. The van der Waals surface area contributed by atoms with Crippen LogP contribution >= 0.6 is 0 Å². The van der Waals surface area contributed by atoms with Crippen molar-refractivity contribution < 1.29 is 4.74 Å². The number of hydrogen-bond acceptors (Lipinski definition) is 3. The number of aromatic nitrogens is 1. The Balaban J connectivity index is 1.74. The lowest BCUT2D eigenvalue weighted by Crippen LogP contribution is -2.33. The fourth-order valence-electron chi connectivity index (χ4n) is 2.52. The molecule has 0 saturated heterocycles. The van der Waals surface area contributed by atoms with Crippen molar-refractivity contribution in [2.45, 2.75) is 38.2 Å². The van der Waals surface area contributed by atoms with Crippen LogP contribution in [0.4, 0.5) is 0 Å². The molecule has 1 aromatic rings. The third kappa shape index (κ3) is 3.79. The van der Waals surface area contributed by atoms with E-state index in [1.54, 1.807) is 0 Å². The van der Waals surface area contributed by atoms with E-state index in [-0.39, 0.29) is 0 Å². The molecule has 2 rings (SSSR count). The molecule has 0 amide bonds. The highest BCUT2D eigenvalue weighted by Gasteiger charge is 2.24. The molecule has 2 unspecified atom stereocenters. The molecule has 1 fully saturated rings. The second-order valence-corrected chi connectivity index (χ2v) is 4.76. The standard InChI is InChI=1S/C14H22N2O/c15-11-12-5-1-2-7-14(12)17-10-8-13-6-3-4-9-16-13/h3-4,6,9,12,14H,1-2,5,7-8,10-11,15H2. The molecule has 0 aliphatic heterocycles. The zero-order valence-electron chi connectivity index (χ0n) is 10.3. The summed E-state index contributed by atoms with van der Waals surface area (Å²) in [5, 5.41) is 0. The van der Waals surface area contributed by atoms with Crippen LogP contribution in [0.1, 0.15) is 31.4 Å². The van der Waals surface area contributed by atoms with Gasteiger partial charge in [0.1, 0.15) is 0 Å². The molecule has 0 bridgehead atoms. The maximum Gasteiger partial charge on any atom is 0.0615 e. The van der Waals surface area contributed by atoms with Gasteiger partial charge < -0.3 is 10.5 Å². The molecule has 1 aromatic heterocycles. The van der Waals surface area contributed by atoms with Crippen molar-refractivity contribution in [1.82, 2.24) is 4.98 Å². The SMILES string of the molecule is NCC1CCCCC1OCCc1ccccn1. The Morgan fingerprint density at radius 1 is 1.29 bits per heavy atom. The van der Waals surface area contributed by atoms with Crippen LogP contribution in [0.2, 0.25) is 0 Å². The summed E-state index contributed by atoms with van der Waals surface area (Å²) in [5.74, 6) is 0.562. The molecular weight excluding hydrogens is 212 g/mol. The van der Waals surface area contributed by atoms with Gasteiger partial charge in [-0.25, -0.2) is 0 Å². The predicted octanol–water partition coefficient (Wildman–Crippen LogP) is 2.16. The maximum atomic E-state index is 5.97. The maximum absolute atomic E-state index is 5.97. The smallest absolute Gasteiger partial charge is 0.0615 e. The summed E-state index contributed by atoms with van der Waals surface area (Å²) in [7, 11) is 0. The largest absolute Gasteiger partial charge is 0.377 e. The first-order valence-electron chi connectivity index (χ1n) is 6.61. The van der Waals surface area contributed by atoms with Crippen LogP contribution in [0.5, 0.6) is 0 Å². The molecular formula is C14H22N2O. The molecule has 1 saturated carbocycles. The number of nitrogens with zero attached hydrogens (tertiary/aromatic N) is 1. The second-order valence-electron chi connectivity index (χ2n) is 4.76. The first-order valence-corrected chi connectivity index (χ1v) is 6.61. The van der Waals surface area contributed by atoms with Gasteiger partial charge in [0, 0.05) is 18.3 Å². The Bertz CT molecular complexity index is 315. The highest BCUT2D eigenvalue weighted by Crippen LogP contribution is 2.26. The van der Waals surface area contributed by atoms with Crippen LogP contribution in [-0.2, 0) is 11.2 Å². The van der Waals surface area contributed by atoms with Gasteiger partial charge in [-0.3, -0.25) is 4.98 Å². The van der Waals surface area contributed by atoms with E-state index in [0.29, 0.717) is 12.0 Å². The summed E-state index contributed by atoms with van der Waals surface area (Å²) in [6.45, 7) is 1.52. The Kier molecular flexibility index (Phi) is 4.95. The average Bonchev–Trinajstić information content (AvgIpc) is 2.40. The monoisotopic (exact) mass is 234 g/mol. The Morgan fingerprint density at radius 2 is 2.18 bits per heavy atom. The molecule has 1 aliphatic rings. The zero-order valence-corrected chi connectivity index (χ0v) is 10.3. The van der Waals surface area contributed by atoms with Crippen LogP contribution < -0.4 is 5.73 Å². The van der Waals surface area contributed by atoms with E-state index in [1.807, 2.05) is 24.4 Å². The van der Waals surface area contributed by atoms with Gasteiger partial charge in [0.2, 0.25) is 0 Å². The Hall–Kier alpha value is -0.930. The molecule has 2 atom stereocenters. The fourth-order valence-corrected chi connectivity index (χ4v) is 2.52. The number of rotatable bonds is 5. The number of pyridine rings is 1. The van der Waals surface area contributed by atoms with Crippen LogP contribution in [0.3, 0.4) is 0 Å². The lowest BCUT2D eigenvalue weighted by Gasteiger charge is -2.30. The van der Waals surface area contributed by atoms with Gasteiger partial charge in [-0.05, 0) is 37.4 Å². The number of hydrogen-bond donors (Lipinski definition) is 1. The van der Waals surface area contributed by atoms with E-state index in [9.17, 15) is 0 Å². The summed E-state index contributed by atoms with van der Waals surface area (Å²) in [4.78, 5) is 4.30. The zero-order chi connectivity index (χ0) is 11.9. The van der Waals surface area contributed by atoms with Crippen LogP contribution in [-0.4, -0.2) is 24.2 Å². The van der Waals surface area contributed by atoms with E-state index in [0.717, 1.165) is 25.3 Å². The van der Waals surface area contributed by atoms with E-state index in [4.69, 9.17) is 10.5 Å². The first kappa shape index (κ1) is 12.5. The van der Waals surface area contributed by atoms with Crippen molar-refractivity contribution in [3.8, 4) is 0 Å². The van der Waals surface area contributed by atoms with Crippen LogP contribution in [0, 0.1) is 5.92 Å². The van der Waals surface area contributed by atoms with Gasteiger partial charge >= 0.3 is 0 Å². The highest BCUT2D eigenvalue weighted by molar-refractivity contribution is 5.03. The number of ether oxygens (including phenoxy) is 1. The summed E-state index contributed by atoms with van der Waals surface area (Å²) in [6.07, 6.45) is 8.09. The third-order valence-electron chi connectivity index (χ3n) is 3.56. The fraction of sp³-hybridized carbons (Fsp3) is 0.643. The minimum absolute atomic E-state index is 0.373. The van der Waals surface area contributed by atoms with Gasteiger partial charge in [0.15, 0.2) is 0 Å². The van der Waals surface area contributed by atoms with Gasteiger partial charge in [0.05, 0.1) is 12.7 Å². The van der Waals surface area contributed by atoms with Crippen molar-refractivity contribution in [1.29, 1.82) is 0 Å². The summed E-state index contributed by atoms with van der Waals surface area (Å²) in [5.41, 5.74) is 6.89.